The van der Waals surface area contributed by atoms with E-state index in [0.29, 0.717) is 18.1 Å². The van der Waals surface area contributed by atoms with E-state index >= 15 is 0 Å². The van der Waals surface area contributed by atoms with Gasteiger partial charge >= 0.3 is 0 Å². The third-order valence-corrected chi connectivity index (χ3v) is 3.15. The van der Waals surface area contributed by atoms with Gasteiger partial charge in [0.1, 0.15) is 5.78 Å². The molecule has 1 nitrogen and oxygen atoms in total. The van der Waals surface area contributed by atoms with Crippen molar-refractivity contribution in [2.24, 2.45) is 0 Å². The summed E-state index contributed by atoms with van der Waals surface area (Å²) in [5.41, 5.74) is 2.50. The topological polar surface area (TPSA) is 17.1 Å². The van der Waals surface area contributed by atoms with E-state index in [1.54, 1.807) is 0 Å². The number of benzene rings is 1. The zero-order valence-corrected chi connectivity index (χ0v) is 8.97. The molecule has 74 valence electrons. The molecule has 0 heterocycles. The molecule has 1 fully saturated rings. The van der Waals surface area contributed by atoms with Gasteiger partial charge in [0.2, 0.25) is 0 Å². The molecule has 14 heavy (non-hydrogen) atoms. The predicted octanol–water partition coefficient (Wildman–Crippen LogP) is 3.49. The van der Waals surface area contributed by atoms with Crippen LogP contribution in [0.2, 0.25) is 5.02 Å². The maximum Gasteiger partial charge on any atom is 0.133 e. The maximum atomic E-state index is 11.2. The highest BCUT2D eigenvalue weighted by Crippen LogP contribution is 2.34. The highest BCUT2D eigenvalue weighted by atomic mass is 35.5. The number of hydrogen-bond acceptors (Lipinski definition) is 1. The van der Waals surface area contributed by atoms with Gasteiger partial charge in [-0.05, 0) is 42.5 Å². The van der Waals surface area contributed by atoms with Gasteiger partial charge in [0.05, 0.1) is 0 Å². The molecule has 1 aliphatic carbocycles. The standard InChI is InChI=1S/C12H13ClO/c1-8-6-10(13)3-5-12(8)9-2-4-11(14)7-9/h3,5-6,9H,2,4,7H2,1H3. The van der Waals surface area contributed by atoms with Gasteiger partial charge in [0.15, 0.2) is 0 Å². The number of carbonyl (C=O) groups is 1. The Labute approximate surface area is 89.1 Å². The van der Waals surface area contributed by atoms with Crippen molar-refractivity contribution in [3.05, 3.63) is 34.3 Å². The molecular weight excluding hydrogens is 196 g/mol. The first kappa shape index (κ1) is 9.72. The number of rotatable bonds is 1. The lowest BCUT2D eigenvalue weighted by Crippen LogP contribution is -1.96. The molecule has 1 aliphatic rings. The Balaban J connectivity index is 2.28. The van der Waals surface area contributed by atoms with E-state index in [1.807, 2.05) is 12.1 Å². The van der Waals surface area contributed by atoms with Crippen molar-refractivity contribution < 1.29 is 4.79 Å². The number of aryl methyl sites for hydroxylation is 1. The van der Waals surface area contributed by atoms with Crippen LogP contribution in [0.25, 0.3) is 0 Å². The summed E-state index contributed by atoms with van der Waals surface area (Å²) in [6, 6.07) is 5.94. The van der Waals surface area contributed by atoms with E-state index in [-0.39, 0.29) is 0 Å². The van der Waals surface area contributed by atoms with Gasteiger partial charge in [-0.1, -0.05) is 17.7 Å². The lowest BCUT2D eigenvalue weighted by molar-refractivity contribution is -0.117. The van der Waals surface area contributed by atoms with Crippen molar-refractivity contribution in [2.45, 2.75) is 32.1 Å². The molecule has 1 aromatic rings. The summed E-state index contributed by atoms with van der Waals surface area (Å²) in [7, 11) is 0. The minimum Gasteiger partial charge on any atom is -0.300 e. The van der Waals surface area contributed by atoms with E-state index in [4.69, 9.17) is 11.6 Å². The zero-order valence-electron chi connectivity index (χ0n) is 8.22. The Hall–Kier alpha value is -0.820. The highest BCUT2D eigenvalue weighted by Gasteiger charge is 2.24. The van der Waals surface area contributed by atoms with Crippen LogP contribution < -0.4 is 0 Å². The minimum absolute atomic E-state index is 0.393. The average molecular weight is 209 g/mol. The summed E-state index contributed by atoms with van der Waals surface area (Å²) in [4.78, 5) is 11.2. The van der Waals surface area contributed by atoms with Crippen LogP contribution in [0.5, 0.6) is 0 Å². The Bertz CT molecular complexity index is 371. The number of ketones is 1. The second kappa shape index (κ2) is 3.74. The average Bonchev–Trinajstić information content (AvgIpc) is 2.51. The fourth-order valence-corrected chi connectivity index (χ4v) is 2.40. The van der Waals surface area contributed by atoms with Gasteiger partial charge in [0, 0.05) is 17.9 Å². The second-order valence-electron chi connectivity index (χ2n) is 3.98. The summed E-state index contributed by atoms with van der Waals surface area (Å²) in [5.74, 6) is 0.823. The van der Waals surface area contributed by atoms with Crippen molar-refractivity contribution in [2.75, 3.05) is 0 Å². The summed E-state index contributed by atoms with van der Waals surface area (Å²) in [6.45, 7) is 2.06. The highest BCUT2D eigenvalue weighted by molar-refractivity contribution is 6.30. The summed E-state index contributed by atoms with van der Waals surface area (Å²) < 4.78 is 0. The Morgan fingerprint density at radius 1 is 1.43 bits per heavy atom. The van der Waals surface area contributed by atoms with Gasteiger partial charge in [-0.2, -0.15) is 0 Å². The van der Waals surface area contributed by atoms with Crippen molar-refractivity contribution in [1.82, 2.24) is 0 Å². The van der Waals surface area contributed by atoms with Gasteiger partial charge < -0.3 is 0 Å². The van der Waals surface area contributed by atoms with Crippen LogP contribution >= 0.6 is 11.6 Å². The molecular formula is C12H13ClO. The number of Topliss-reactive ketones (excluding diaryl/α,β-unsaturated/α-hetero) is 1. The largest absolute Gasteiger partial charge is 0.300 e. The van der Waals surface area contributed by atoms with E-state index in [0.717, 1.165) is 17.9 Å². The molecule has 0 saturated heterocycles. The first-order valence-electron chi connectivity index (χ1n) is 4.94. The van der Waals surface area contributed by atoms with Gasteiger partial charge in [-0.3, -0.25) is 4.79 Å². The minimum atomic E-state index is 0.393. The quantitative estimate of drug-likeness (QED) is 0.691. The van der Waals surface area contributed by atoms with Crippen molar-refractivity contribution >= 4 is 17.4 Å². The van der Waals surface area contributed by atoms with E-state index in [2.05, 4.69) is 13.0 Å². The molecule has 1 saturated carbocycles. The molecule has 2 heteroatoms. The van der Waals surface area contributed by atoms with Crippen molar-refractivity contribution in [1.29, 1.82) is 0 Å². The Morgan fingerprint density at radius 2 is 2.21 bits per heavy atom. The van der Waals surface area contributed by atoms with Crippen LogP contribution in [-0.4, -0.2) is 5.78 Å². The van der Waals surface area contributed by atoms with Crippen LogP contribution in [-0.2, 0) is 4.79 Å². The third-order valence-electron chi connectivity index (χ3n) is 2.92. The van der Waals surface area contributed by atoms with E-state index in [9.17, 15) is 4.79 Å². The fourth-order valence-electron chi connectivity index (χ4n) is 2.18. The summed E-state index contributed by atoms with van der Waals surface area (Å²) in [5, 5.41) is 0.774. The third kappa shape index (κ3) is 1.83. The molecule has 0 amide bonds. The second-order valence-corrected chi connectivity index (χ2v) is 4.42. The van der Waals surface area contributed by atoms with Gasteiger partial charge in [-0.25, -0.2) is 0 Å². The molecule has 0 aliphatic heterocycles. The molecule has 2 rings (SSSR count). The predicted molar refractivity (Wildman–Crippen MR) is 57.8 cm³/mol. The zero-order chi connectivity index (χ0) is 10.1. The summed E-state index contributed by atoms with van der Waals surface area (Å²) in [6.07, 6.45) is 2.45. The number of halogens is 1. The summed E-state index contributed by atoms with van der Waals surface area (Å²) >= 11 is 5.89. The maximum absolute atomic E-state index is 11.2. The molecule has 0 spiro atoms. The van der Waals surface area contributed by atoms with E-state index in [1.165, 1.54) is 11.1 Å². The van der Waals surface area contributed by atoms with Crippen LogP contribution in [0.4, 0.5) is 0 Å². The number of carbonyl (C=O) groups excluding carboxylic acids is 1. The smallest absolute Gasteiger partial charge is 0.133 e. The first-order valence-corrected chi connectivity index (χ1v) is 5.32. The van der Waals surface area contributed by atoms with Crippen LogP contribution in [0.1, 0.15) is 36.3 Å². The van der Waals surface area contributed by atoms with Crippen LogP contribution in [0.15, 0.2) is 18.2 Å². The Morgan fingerprint density at radius 3 is 2.79 bits per heavy atom. The van der Waals surface area contributed by atoms with Crippen molar-refractivity contribution in [3.63, 3.8) is 0 Å². The normalized spacial score (nSPS) is 21.6. The van der Waals surface area contributed by atoms with Crippen molar-refractivity contribution in [3.8, 4) is 0 Å². The first-order chi connectivity index (χ1) is 6.66. The number of hydrogen-bond donors (Lipinski definition) is 0. The lowest BCUT2D eigenvalue weighted by atomic mass is 9.94. The van der Waals surface area contributed by atoms with Gasteiger partial charge in [0.25, 0.3) is 0 Å². The molecule has 1 unspecified atom stereocenters. The molecule has 1 aromatic carbocycles. The molecule has 0 bridgehead atoms. The monoisotopic (exact) mass is 208 g/mol. The molecule has 1 atom stereocenters. The SMILES string of the molecule is Cc1cc(Cl)ccc1C1CCC(=O)C1. The lowest BCUT2D eigenvalue weighted by Gasteiger charge is -2.11. The van der Waals surface area contributed by atoms with Crippen LogP contribution in [0, 0.1) is 6.92 Å². The molecule has 0 radical (unpaired) electrons. The van der Waals surface area contributed by atoms with E-state index < -0.39 is 0 Å². The van der Waals surface area contributed by atoms with Gasteiger partial charge in [-0.15, -0.1) is 0 Å². The molecule has 0 N–H and O–H groups in total. The fraction of sp³-hybridized carbons (Fsp3) is 0.417. The molecule has 0 aromatic heterocycles. The Kier molecular flexibility index (Phi) is 2.60. The van der Waals surface area contributed by atoms with Crippen LogP contribution in [0.3, 0.4) is 0 Å².